The van der Waals surface area contributed by atoms with Gasteiger partial charge in [-0.3, -0.25) is 9.10 Å². The van der Waals surface area contributed by atoms with Crippen LogP contribution in [0.5, 0.6) is 0 Å². The third kappa shape index (κ3) is 7.42. The molecule has 1 amide bonds. The number of carbonyl (C=O) groups excluding carboxylic acids is 1. The quantitative estimate of drug-likeness (QED) is 0.317. The van der Waals surface area contributed by atoms with Gasteiger partial charge in [-0.2, -0.15) is 24.9 Å². The molecule has 3 rings (SSSR count). The highest BCUT2D eigenvalue weighted by atomic mass is 35.5. The topological polar surface area (TPSA) is 79.6 Å². The number of alkyl halides is 3. The fourth-order valence-corrected chi connectivity index (χ4v) is 5.64. The molecule has 3 aromatic rings. The predicted molar refractivity (Wildman–Crippen MR) is 130 cm³/mol. The van der Waals surface area contributed by atoms with Crippen LogP contribution in [0.2, 0.25) is 5.02 Å². The number of rotatable bonds is 11. The molecule has 0 saturated heterocycles. The van der Waals surface area contributed by atoms with Crippen molar-refractivity contribution in [3.05, 3.63) is 83.3 Å². The standard InChI is InChI=1S/C23H22ClF3N2O4S2/c24-20-10-9-17(23(25,26)27)14-21(20)29(35(31,32)19-7-2-1-3-8-19)15-22(30)28-11-5-13-34-16-18-6-4-12-33-18/h1-4,6-10,12,14H,5,11,13,15-16H2,(H,28,30). The minimum atomic E-state index is -4.73. The van der Waals surface area contributed by atoms with E-state index in [2.05, 4.69) is 5.32 Å². The normalized spacial score (nSPS) is 11.9. The zero-order valence-corrected chi connectivity index (χ0v) is 20.7. The number of sulfonamides is 1. The number of nitrogens with zero attached hydrogens (tertiary/aromatic N) is 1. The first kappa shape index (κ1) is 27.0. The van der Waals surface area contributed by atoms with E-state index >= 15 is 0 Å². The van der Waals surface area contributed by atoms with Crippen molar-refractivity contribution in [3.63, 3.8) is 0 Å². The second-order valence-corrected chi connectivity index (χ2v) is 10.7. The number of halogens is 4. The van der Waals surface area contributed by atoms with Gasteiger partial charge < -0.3 is 9.73 Å². The minimum Gasteiger partial charge on any atom is -0.468 e. The summed E-state index contributed by atoms with van der Waals surface area (Å²) in [5, 5.41) is 2.38. The summed E-state index contributed by atoms with van der Waals surface area (Å²) in [6.45, 7) is -0.475. The van der Waals surface area contributed by atoms with Crippen molar-refractivity contribution in [1.82, 2.24) is 5.32 Å². The van der Waals surface area contributed by atoms with Crippen molar-refractivity contribution in [2.45, 2.75) is 23.2 Å². The number of benzene rings is 2. The van der Waals surface area contributed by atoms with Gasteiger partial charge in [-0.15, -0.1) is 0 Å². The van der Waals surface area contributed by atoms with Crippen LogP contribution in [0.3, 0.4) is 0 Å². The highest BCUT2D eigenvalue weighted by molar-refractivity contribution is 7.98. The second kappa shape index (κ2) is 11.9. The number of furan rings is 1. The van der Waals surface area contributed by atoms with Crippen molar-refractivity contribution < 1.29 is 30.8 Å². The summed E-state index contributed by atoms with van der Waals surface area (Å²) in [6.07, 6.45) is -2.54. The van der Waals surface area contributed by atoms with Gasteiger partial charge in [0.15, 0.2) is 0 Å². The smallest absolute Gasteiger partial charge is 0.416 e. The van der Waals surface area contributed by atoms with Crippen LogP contribution in [0, 0.1) is 0 Å². The third-order valence-corrected chi connectivity index (χ3v) is 7.93. The monoisotopic (exact) mass is 546 g/mol. The van der Waals surface area contributed by atoms with Gasteiger partial charge in [-0.25, -0.2) is 8.42 Å². The van der Waals surface area contributed by atoms with Crippen molar-refractivity contribution in [2.24, 2.45) is 0 Å². The Labute approximate surface area is 210 Å². The fraction of sp³-hybridized carbons (Fsp3) is 0.261. The summed E-state index contributed by atoms with van der Waals surface area (Å²) in [7, 11) is -4.39. The Bertz CT molecular complexity index is 1220. The lowest BCUT2D eigenvalue weighted by Gasteiger charge is -2.25. The largest absolute Gasteiger partial charge is 0.468 e. The van der Waals surface area contributed by atoms with E-state index in [1.54, 1.807) is 30.2 Å². The van der Waals surface area contributed by atoms with E-state index in [4.69, 9.17) is 16.0 Å². The minimum absolute atomic E-state index is 0.185. The van der Waals surface area contributed by atoms with E-state index in [0.29, 0.717) is 28.3 Å². The molecule has 6 nitrogen and oxygen atoms in total. The highest BCUT2D eigenvalue weighted by Gasteiger charge is 2.34. The van der Waals surface area contributed by atoms with Gasteiger partial charge in [0, 0.05) is 6.54 Å². The van der Waals surface area contributed by atoms with E-state index < -0.39 is 39.9 Å². The molecule has 12 heteroatoms. The van der Waals surface area contributed by atoms with Crippen LogP contribution in [0.25, 0.3) is 0 Å². The fourth-order valence-electron chi connectivity index (χ4n) is 3.06. The Balaban J connectivity index is 1.74. The lowest BCUT2D eigenvalue weighted by Crippen LogP contribution is -2.41. The second-order valence-electron chi connectivity index (χ2n) is 7.32. The van der Waals surface area contributed by atoms with Crippen LogP contribution < -0.4 is 9.62 Å². The first-order chi connectivity index (χ1) is 16.6. The van der Waals surface area contributed by atoms with Crippen molar-refractivity contribution in [2.75, 3.05) is 23.1 Å². The lowest BCUT2D eigenvalue weighted by atomic mass is 10.2. The molecule has 0 bridgehead atoms. The zero-order valence-electron chi connectivity index (χ0n) is 18.3. The Hall–Kier alpha value is -2.63. The van der Waals surface area contributed by atoms with Crippen LogP contribution in [-0.4, -0.2) is 33.2 Å². The average molecular weight is 547 g/mol. The summed E-state index contributed by atoms with van der Waals surface area (Å²) >= 11 is 7.71. The summed E-state index contributed by atoms with van der Waals surface area (Å²) in [4.78, 5) is 12.4. The van der Waals surface area contributed by atoms with Crippen LogP contribution in [0.1, 0.15) is 17.7 Å². The highest BCUT2D eigenvalue weighted by Crippen LogP contribution is 2.37. The molecule has 35 heavy (non-hydrogen) atoms. The summed E-state index contributed by atoms with van der Waals surface area (Å²) in [5.74, 6) is 1.55. The number of thioether (sulfide) groups is 1. The molecule has 0 spiro atoms. The Morgan fingerprint density at radius 2 is 1.83 bits per heavy atom. The number of nitrogens with one attached hydrogen (secondary N) is 1. The SMILES string of the molecule is O=C(CN(c1cc(C(F)(F)F)ccc1Cl)S(=O)(=O)c1ccccc1)NCCCSCc1ccco1. The first-order valence-corrected chi connectivity index (χ1v) is 13.4. The van der Waals surface area contributed by atoms with Crippen LogP contribution in [0.15, 0.2) is 76.2 Å². The molecular formula is C23H22ClF3N2O4S2. The molecular weight excluding hydrogens is 525 g/mol. The Kier molecular flexibility index (Phi) is 9.15. The maximum absolute atomic E-state index is 13.3. The molecule has 0 aliphatic heterocycles. The molecule has 0 radical (unpaired) electrons. The number of amides is 1. The molecule has 188 valence electrons. The van der Waals surface area contributed by atoms with Gasteiger partial charge in [-0.05, 0) is 54.6 Å². The lowest BCUT2D eigenvalue weighted by molar-refractivity contribution is -0.137. The zero-order chi connectivity index (χ0) is 25.5. The Morgan fingerprint density at radius 3 is 2.49 bits per heavy atom. The molecule has 0 aliphatic rings. The van der Waals surface area contributed by atoms with Crippen LogP contribution >= 0.6 is 23.4 Å². The molecule has 0 fully saturated rings. The average Bonchev–Trinajstić information content (AvgIpc) is 3.33. The van der Waals surface area contributed by atoms with Gasteiger partial charge >= 0.3 is 6.18 Å². The van der Waals surface area contributed by atoms with Crippen molar-refractivity contribution >= 4 is 45.0 Å². The van der Waals surface area contributed by atoms with E-state index in [0.717, 1.165) is 17.9 Å². The van der Waals surface area contributed by atoms with Gasteiger partial charge in [0.2, 0.25) is 5.91 Å². The number of hydrogen-bond donors (Lipinski definition) is 1. The third-order valence-electron chi connectivity index (χ3n) is 4.77. The number of anilines is 1. The molecule has 0 saturated carbocycles. The van der Waals surface area contributed by atoms with E-state index in [9.17, 15) is 26.4 Å². The number of hydrogen-bond acceptors (Lipinski definition) is 5. The Morgan fingerprint density at radius 1 is 1.09 bits per heavy atom. The molecule has 1 aromatic heterocycles. The van der Waals surface area contributed by atoms with Gasteiger partial charge in [-0.1, -0.05) is 29.8 Å². The van der Waals surface area contributed by atoms with Crippen molar-refractivity contribution in [3.8, 4) is 0 Å². The van der Waals surface area contributed by atoms with Crippen LogP contribution in [-0.2, 0) is 26.7 Å². The van der Waals surface area contributed by atoms with Gasteiger partial charge in [0.25, 0.3) is 10.0 Å². The molecule has 2 aromatic carbocycles. The maximum atomic E-state index is 13.3. The van der Waals surface area contributed by atoms with Crippen LogP contribution in [0.4, 0.5) is 18.9 Å². The summed E-state index contributed by atoms with van der Waals surface area (Å²) in [6, 6.07) is 13.1. The van der Waals surface area contributed by atoms with Gasteiger partial charge in [0.05, 0.1) is 33.2 Å². The summed E-state index contributed by atoms with van der Waals surface area (Å²) in [5.41, 5.74) is -1.52. The van der Waals surface area contributed by atoms with Crippen molar-refractivity contribution in [1.29, 1.82) is 0 Å². The van der Waals surface area contributed by atoms with E-state index in [1.165, 1.54) is 24.3 Å². The molecule has 0 aliphatic carbocycles. The van der Waals surface area contributed by atoms with E-state index in [-0.39, 0.29) is 16.5 Å². The van der Waals surface area contributed by atoms with E-state index in [1.807, 2.05) is 6.07 Å². The molecule has 1 N–H and O–H groups in total. The molecule has 1 heterocycles. The predicted octanol–water partition coefficient (Wildman–Crippen LogP) is 5.59. The number of carbonyl (C=O) groups is 1. The summed E-state index contributed by atoms with van der Waals surface area (Å²) < 4.78 is 72.4. The molecule has 0 atom stereocenters. The van der Waals surface area contributed by atoms with Gasteiger partial charge in [0.1, 0.15) is 12.3 Å². The molecule has 0 unspecified atom stereocenters. The maximum Gasteiger partial charge on any atom is 0.416 e. The first-order valence-electron chi connectivity index (χ1n) is 10.4.